The Labute approximate surface area is 123 Å². The number of nitrogens with one attached hydrogen (secondary N) is 1. The summed E-state index contributed by atoms with van der Waals surface area (Å²) < 4.78 is 27.1. The highest BCUT2D eigenvalue weighted by Gasteiger charge is 2.15. The number of rotatable bonds is 2. The fourth-order valence-electron chi connectivity index (χ4n) is 1.86. The Morgan fingerprint density at radius 2 is 2.05 bits per heavy atom. The fraction of sp³-hybridized carbons (Fsp3) is 0.231. The summed E-state index contributed by atoms with van der Waals surface area (Å²) in [5.41, 5.74) is 2.28. The predicted molar refractivity (Wildman–Crippen MR) is 76.6 cm³/mol. The number of nitrogens with zero attached hydrogens (tertiary/aromatic N) is 1. The summed E-state index contributed by atoms with van der Waals surface area (Å²) >= 11 is 8.26. The Morgan fingerprint density at radius 3 is 2.63 bits per heavy atom. The van der Waals surface area contributed by atoms with Crippen LogP contribution in [0.15, 0.2) is 16.6 Å². The van der Waals surface area contributed by atoms with E-state index in [2.05, 4.69) is 25.9 Å². The second-order valence-electron chi connectivity index (χ2n) is 4.07. The van der Waals surface area contributed by atoms with E-state index in [9.17, 15) is 8.78 Å². The average molecular weight is 345 g/mol. The number of hydrogen-bond donors (Lipinski definition) is 1. The molecule has 0 bridgehead atoms. The van der Waals surface area contributed by atoms with Crippen molar-refractivity contribution in [1.82, 2.24) is 9.97 Å². The van der Waals surface area contributed by atoms with Gasteiger partial charge in [-0.25, -0.2) is 13.8 Å². The first-order valence-electron chi connectivity index (χ1n) is 5.69. The van der Waals surface area contributed by atoms with E-state index < -0.39 is 11.6 Å². The molecule has 100 valence electrons. The summed E-state index contributed by atoms with van der Waals surface area (Å²) in [5.74, 6) is -1.42. The standard InChI is InChI=1S/C13H11BrF2N2S/c1-3-7-6(2)17-12(18-13(7)19)8-4-5-9(15)11(16)10(8)14/h4-5H,3H2,1-2H3,(H,17,18,19). The number of aryl methyl sites for hydroxylation is 1. The van der Waals surface area contributed by atoms with Crippen molar-refractivity contribution in [2.45, 2.75) is 20.3 Å². The zero-order chi connectivity index (χ0) is 14.2. The van der Waals surface area contributed by atoms with Gasteiger partial charge in [0, 0.05) is 16.8 Å². The molecule has 1 aromatic carbocycles. The number of aromatic nitrogens is 2. The number of H-pyrrole nitrogens is 1. The molecule has 2 aromatic rings. The summed E-state index contributed by atoms with van der Waals surface area (Å²) in [6.45, 7) is 3.87. The maximum absolute atomic E-state index is 13.5. The van der Waals surface area contributed by atoms with Gasteiger partial charge in [-0.15, -0.1) is 0 Å². The average Bonchev–Trinajstić information content (AvgIpc) is 2.35. The molecule has 0 atom stereocenters. The van der Waals surface area contributed by atoms with E-state index in [-0.39, 0.29) is 4.47 Å². The minimum Gasteiger partial charge on any atom is -0.343 e. The van der Waals surface area contributed by atoms with Crippen molar-refractivity contribution in [2.24, 2.45) is 0 Å². The fourth-order valence-corrected chi connectivity index (χ4v) is 2.76. The van der Waals surface area contributed by atoms with E-state index in [0.717, 1.165) is 23.7 Å². The minimum absolute atomic E-state index is 0.0364. The van der Waals surface area contributed by atoms with Crippen molar-refractivity contribution in [3.05, 3.63) is 44.1 Å². The Kier molecular flexibility index (Phi) is 4.10. The number of hydrogen-bond acceptors (Lipinski definition) is 2. The Hall–Kier alpha value is -1.14. The smallest absolute Gasteiger partial charge is 0.173 e. The maximum Gasteiger partial charge on any atom is 0.173 e. The van der Waals surface area contributed by atoms with Crippen molar-refractivity contribution in [2.75, 3.05) is 0 Å². The molecule has 0 unspecified atom stereocenters. The molecule has 0 aliphatic rings. The Morgan fingerprint density at radius 1 is 1.37 bits per heavy atom. The van der Waals surface area contributed by atoms with Crippen molar-refractivity contribution in [1.29, 1.82) is 0 Å². The van der Waals surface area contributed by atoms with E-state index in [1.165, 1.54) is 6.07 Å². The summed E-state index contributed by atoms with van der Waals surface area (Å²) in [4.78, 5) is 7.32. The summed E-state index contributed by atoms with van der Waals surface area (Å²) in [5, 5.41) is 0. The van der Waals surface area contributed by atoms with Crippen LogP contribution in [0.25, 0.3) is 11.4 Å². The van der Waals surface area contributed by atoms with Crippen LogP contribution < -0.4 is 0 Å². The normalized spacial score (nSPS) is 10.8. The zero-order valence-electron chi connectivity index (χ0n) is 10.4. The monoisotopic (exact) mass is 344 g/mol. The number of benzene rings is 1. The lowest BCUT2D eigenvalue weighted by atomic mass is 10.1. The van der Waals surface area contributed by atoms with Gasteiger partial charge in [-0.2, -0.15) is 0 Å². The van der Waals surface area contributed by atoms with Crippen LogP contribution >= 0.6 is 28.1 Å². The highest BCUT2D eigenvalue weighted by molar-refractivity contribution is 9.10. The molecule has 0 aliphatic carbocycles. The van der Waals surface area contributed by atoms with E-state index >= 15 is 0 Å². The molecule has 1 aromatic heterocycles. The van der Waals surface area contributed by atoms with Gasteiger partial charge in [0.1, 0.15) is 10.5 Å². The van der Waals surface area contributed by atoms with Gasteiger partial charge in [0.2, 0.25) is 0 Å². The SMILES string of the molecule is CCc1c(C)[nH]c(-c2ccc(F)c(F)c2Br)nc1=S. The molecule has 1 N–H and O–H groups in total. The molecule has 0 saturated heterocycles. The minimum atomic E-state index is -0.934. The molecule has 1 heterocycles. The van der Waals surface area contributed by atoms with Crippen molar-refractivity contribution in [3.63, 3.8) is 0 Å². The van der Waals surface area contributed by atoms with Crippen LogP contribution in [-0.2, 0) is 6.42 Å². The molecule has 2 nitrogen and oxygen atoms in total. The Bertz CT molecular complexity index is 698. The highest BCUT2D eigenvalue weighted by atomic mass is 79.9. The van der Waals surface area contributed by atoms with Crippen LogP contribution in [0.5, 0.6) is 0 Å². The van der Waals surface area contributed by atoms with Gasteiger partial charge in [-0.05, 0) is 41.4 Å². The van der Waals surface area contributed by atoms with Crippen LogP contribution in [0.1, 0.15) is 18.2 Å². The van der Waals surface area contributed by atoms with E-state index in [4.69, 9.17) is 12.2 Å². The topological polar surface area (TPSA) is 28.7 Å². The van der Waals surface area contributed by atoms with Crippen LogP contribution in [0.3, 0.4) is 0 Å². The predicted octanol–water partition coefficient (Wildman–Crippen LogP) is 4.72. The van der Waals surface area contributed by atoms with Gasteiger partial charge in [0.25, 0.3) is 0 Å². The van der Waals surface area contributed by atoms with E-state index in [1.54, 1.807) is 0 Å². The molecular formula is C13H11BrF2N2S. The van der Waals surface area contributed by atoms with Gasteiger partial charge < -0.3 is 4.98 Å². The maximum atomic E-state index is 13.5. The van der Waals surface area contributed by atoms with Crippen LogP contribution in [0.2, 0.25) is 0 Å². The molecule has 0 aliphatic heterocycles. The van der Waals surface area contributed by atoms with Crippen LogP contribution in [0.4, 0.5) is 8.78 Å². The molecule has 2 rings (SSSR count). The Balaban J connectivity index is 2.67. The van der Waals surface area contributed by atoms with E-state index in [1.807, 2.05) is 13.8 Å². The second kappa shape index (κ2) is 5.46. The van der Waals surface area contributed by atoms with Crippen molar-refractivity contribution in [3.8, 4) is 11.4 Å². The molecule has 0 saturated carbocycles. The van der Waals surface area contributed by atoms with Gasteiger partial charge in [-0.3, -0.25) is 0 Å². The van der Waals surface area contributed by atoms with Crippen LogP contribution in [0, 0.1) is 23.2 Å². The second-order valence-corrected chi connectivity index (χ2v) is 5.25. The molecular weight excluding hydrogens is 334 g/mol. The number of halogens is 3. The van der Waals surface area contributed by atoms with Gasteiger partial charge in [0.15, 0.2) is 11.6 Å². The van der Waals surface area contributed by atoms with Crippen LogP contribution in [-0.4, -0.2) is 9.97 Å². The third kappa shape index (κ3) is 2.60. The molecule has 0 amide bonds. The first-order valence-corrected chi connectivity index (χ1v) is 6.89. The molecule has 0 fully saturated rings. The summed E-state index contributed by atoms with van der Waals surface area (Å²) in [7, 11) is 0. The molecule has 19 heavy (non-hydrogen) atoms. The van der Waals surface area contributed by atoms with E-state index in [0.29, 0.717) is 16.0 Å². The van der Waals surface area contributed by atoms with Crippen molar-refractivity contribution >= 4 is 28.1 Å². The zero-order valence-corrected chi connectivity index (χ0v) is 12.8. The van der Waals surface area contributed by atoms with Gasteiger partial charge in [0.05, 0.1) is 4.47 Å². The number of aromatic amines is 1. The lowest BCUT2D eigenvalue weighted by Crippen LogP contribution is -2.00. The first-order chi connectivity index (χ1) is 8.95. The third-order valence-electron chi connectivity index (χ3n) is 2.87. The lowest BCUT2D eigenvalue weighted by Gasteiger charge is -2.09. The van der Waals surface area contributed by atoms with Gasteiger partial charge >= 0.3 is 0 Å². The third-order valence-corrected chi connectivity index (χ3v) is 3.99. The van der Waals surface area contributed by atoms with Gasteiger partial charge in [-0.1, -0.05) is 19.1 Å². The quantitative estimate of drug-likeness (QED) is 0.630. The summed E-state index contributed by atoms with van der Waals surface area (Å²) in [6, 6.07) is 2.53. The molecule has 0 radical (unpaired) electrons. The van der Waals surface area contributed by atoms with Crippen molar-refractivity contribution < 1.29 is 8.78 Å². The molecule has 6 heteroatoms. The molecule has 0 spiro atoms. The largest absolute Gasteiger partial charge is 0.343 e. The highest BCUT2D eigenvalue weighted by Crippen LogP contribution is 2.30. The summed E-state index contributed by atoms with van der Waals surface area (Å²) in [6.07, 6.45) is 0.771. The first kappa shape index (κ1) is 14.3. The lowest BCUT2D eigenvalue weighted by molar-refractivity contribution is 0.504.